The average molecular weight is 251 g/mol. The van der Waals surface area contributed by atoms with Crippen LogP contribution in [0.4, 0.5) is 0 Å². The summed E-state index contributed by atoms with van der Waals surface area (Å²) in [6, 6.07) is 7.20. The molecule has 0 fully saturated rings. The second-order valence-corrected chi connectivity index (χ2v) is 3.88. The van der Waals surface area contributed by atoms with Gasteiger partial charge in [0.2, 0.25) is 0 Å². The normalized spacial score (nSPS) is 10.3. The molecule has 0 spiro atoms. The number of carbonyl (C=O) groups is 1. The van der Waals surface area contributed by atoms with Crippen LogP contribution in [-0.4, -0.2) is 39.2 Å². The predicted molar refractivity (Wildman–Crippen MR) is 71.3 cm³/mol. The quantitative estimate of drug-likeness (QED) is 0.538. The van der Waals surface area contributed by atoms with E-state index in [4.69, 9.17) is 9.47 Å². The highest BCUT2D eigenvalue weighted by molar-refractivity contribution is 5.97. The molecule has 0 atom stereocenters. The summed E-state index contributed by atoms with van der Waals surface area (Å²) in [6.07, 6.45) is 0.916. The summed E-state index contributed by atoms with van der Waals surface area (Å²) in [5, 5.41) is 3.11. The Morgan fingerprint density at radius 2 is 2.22 bits per heavy atom. The van der Waals surface area contributed by atoms with Gasteiger partial charge in [-0.25, -0.2) is 0 Å². The summed E-state index contributed by atoms with van der Waals surface area (Å²) in [5.74, 6) is 0.780. The molecule has 0 bridgehead atoms. The maximum absolute atomic E-state index is 11.9. The first kappa shape index (κ1) is 14.7. The Morgan fingerprint density at radius 3 is 2.94 bits per heavy atom. The largest absolute Gasteiger partial charge is 0.497 e. The van der Waals surface area contributed by atoms with Crippen LogP contribution in [0.1, 0.15) is 23.7 Å². The first-order valence-corrected chi connectivity index (χ1v) is 6.23. The van der Waals surface area contributed by atoms with E-state index in [9.17, 15) is 4.79 Å². The van der Waals surface area contributed by atoms with Crippen LogP contribution in [0, 0.1) is 0 Å². The fourth-order valence-electron chi connectivity index (χ4n) is 1.54. The third-order valence-electron chi connectivity index (χ3n) is 2.52. The molecule has 4 nitrogen and oxygen atoms in total. The Bertz CT molecular complexity index is 366. The second kappa shape index (κ2) is 8.66. The molecule has 0 aliphatic rings. The van der Waals surface area contributed by atoms with Gasteiger partial charge in [-0.3, -0.25) is 4.79 Å². The molecule has 4 heteroatoms. The Balaban J connectivity index is 2.27. The maximum Gasteiger partial charge on any atom is 0.176 e. The van der Waals surface area contributed by atoms with Gasteiger partial charge in [0, 0.05) is 18.8 Å². The van der Waals surface area contributed by atoms with Gasteiger partial charge in [-0.1, -0.05) is 12.1 Å². The Hall–Kier alpha value is -1.39. The highest BCUT2D eigenvalue weighted by Crippen LogP contribution is 2.12. The summed E-state index contributed by atoms with van der Waals surface area (Å²) in [7, 11) is 1.59. The van der Waals surface area contributed by atoms with Crippen molar-refractivity contribution in [2.45, 2.75) is 13.3 Å². The minimum Gasteiger partial charge on any atom is -0.497 e. The SMILES string of the molecule is CCOCCCNCC(=O)c1cccc(OC)c1. The summed E-state index contributed by atoms with van der Waals surface area (Å²) >= 11 is 0. The summed E-state index contributed by atoms with van der Waals surface area (Å²) < 4.78 is 10.3. The van der Waals surface area contributed by atoms with Crippen molar-refractivity contribution in [3.05, 3.63) is 29.8 Å². The fourth-order valence-corrected chi connectivity index (χ4v) is 1.54. The lowest BCUT2D eigenvalue weighted by Crippen LogP contribution is -2.24. The molecule has 100 valence electrons. The van der Waals surface area contributed by atoms with Crippen molar-refractivity contribution in [1.29, 1.82) is 0 Å². The number of carbonyl (C=O) groups excluding carboxylic acids is 1. The van der Waals surface area contributed by atoms with Gasteiger partial charge in [0.25, 0.3) is 0 Å². The molecule has 0 heterocycles. The topological polar surface area (TPSA) is 47.6 Å². The highest BCUT2D eigenvalue weighted by Gasteiger charge is 2.05. The molecule has 0 unspecified atom stereocenters. The molecule has 1 rings (SSSR count). The summed E-state index contributed by atoms with van der Waals surface area (Å²) in [4.78, 5) is 11.9. The number of hydrogen-bond acceptors (Lipinski definition) is 4. The smallest absolute Gasteiger partial charge is 0.176 e. The molecule has 0 amide bonds. The number of rotatable bonds is 9. The van der Waals surface area contributed by atoms with Gasteiger partial charge in [-0.05, 0) is 32.0 Å². The maximum atomic E-state index is 11.9. The van der Waals surface area contributed by atoms with Crippen molar-refractivity contribution in [2.75, 3.05) is 33.4 Å². The number of Topliss-reactive ketones (excluding diaryl/α,β-unsaturated/α-hetero) is 1. The van der Waals surface area contributed by atoms with Gasteiger partial charge >= 0.3 is 0 Å². The monoisotopic (exact) mass is 251 g/mol. The van der Waals surface area contributed by atoms with Crippen LogP contribution >= 0.6 is 0 Å². The van der Waals surface area contributed by atoms with Crippen LogP contribution in [0.15, 0.2) is 24.3 Å². The minimum absolute atomic E-state index is 0.0744. The van der Waals surface area contributed by atoms with Gasteiger partial charge in [-0.15, -0.1) is 0 Å². The second-order valence-electron chi connectivity index (χ2n) is 3.88. The van der Waals surface area contributed by atoms with Gasteiger partial charge < -0.3 is 14.8 Å². The van der Waals surface area contributed by atoms with Crippen LogP contribution in [0.3, 0.4) is 0 Å². The molecule has 18 heavy (non-hydrogen) atoms. The number of hydrogen-bond donors (Lipinski definition) is 1. The number of benzene rings is 1. The molecular weight excluding hydrogens is 230 g/mol. The molecule has 0 radical (unpaired) electrons. The van der Waals surface area contributed by atoms with Crippen LogP contribution in [0.25, 0.3) is 0 Å². The number of ether oxygens (including phenoxy) is 2. The van der Waals surface area contributed by atoms with Crippen molar-refractivity contribution in [1.82, 2.24) is 5.32 Å². The van der Waals surface area contributed by atoms with E-state index < -0.39 is 0 Å². The molecule has 0 aromatic heterocycles. The number of nitrogens with one attached hydrogen (secondary N) is 1. The minimum atomic E-state index is 0.0744. The molecule has 0 aliphatic carbocycles. The third-order valence-corrected chi connectivity index (χ3v) is 2.52. The molecule has 1 aromatic carbocycles. The predicted octanol–water partition coefficient (Wildman–Crippen LogP) is 1.89. The summed E-state index contributed by atoms with van der Waals surface area (Å²) in [6.45, 7) is 4.58. The molecule has 1 aromatic rings. The lowest BCUT2D eigenvalue weighted by molar-refractivity contribution is 0.0988. The van der Waals surface area contributed by atoms with Gasteiger partial charge in [0.05, 0.1) is 13.7 Å². The van der Waals surface area contributed by atoms with E-state index >= 15 is 0 Å². The van der Waals surface area contributed by atoms with Gasteiger partial charge in [0.15, 0.2) is 5.78 Å². The molecule has 0 aliphatic heterocycles. The van der Waals surface area contributed by atoms with Crippen molar-refractivity contribution in [2.24, 2.45) is 0 Å². The summed E-state index contributed by atoms with van der Waals surface area (Å²) in [5.41, 5.74) is 0.673. The van der Waals surface area contributed by atoms with E-state index in [1.165, 1.54) is 0 Å². The lowest BCUT2D eigenvalue weighted by Gasteiger charge is -2.06. The Kier molecular flexibility index (Phi) is 7.06. The van der Waals surface area contributed by atoms with E-state index in [2.05, 4.69) is 5.32 Å². The van der Waals surface area contributed by atoms with Crippen LogP contribution in [0.5, 0.6) is 5.75 Å². The Labute approximate surface area is 108 Å². The first-order valence-electron chi connectivity index (χ1n) is 6.23. The Morgan fingerprint density at radius 1 is 1.39 bits per heavy atom. The highest BCUT2D eigenvalue weighted by atomic mass is 16.5. The number of methoxy groups -OCH3 is 1. The van der Waals surface area contributed by atoms with Gasteiger partial charge in [0.1, 0.15) is 5.75 Å². The van der Waals surface area contributed by atoms with Crippen molar-refractivity contribution in [3.63, 3.8) is 0 Å². The van der Waals surface area contributed by atoms with Crippen molar-refractivity contribution < 1.29 is 14.3 Å². The zero-order chi connectivity index (χ0) is 13.2. The van der Waals surface area contributed by atoms with E-state index in [0.29, 0.717) is 17.9 Å². The fraction of sp³-hybridized carbons (Fsp3) is 0.500. The molecule has 1 N–H and O–H groups in total. The van der Waals surface area contributed by atoms with Crippen LogP contribution < -0.4 is 10.1 Å². The zero-order valence-corrected chi connectivity index (χ0v) is 11.1. The molecule has 0 saturated heterocycles. The van der Waals surface area contributed by atoms with Crippen molar-refractivity contribution in [3.8, 4) is 5.75 Å². The molecule has 0 saturated carbocycles. The van der Waals surface area contributed by atoms with Gasteiger partial charge in [-0.2, -0.15) is 0 Å². The van der Waals surface area contributed by atoms with Crippen molar-refractivity contribution >= 4 is 5.78 Å². The van der Waals surface area contributed by atoms with Crippen LogP contribution in [0.2, 0.25) is 0 Å². The number of ketones is 1. The average Bonchev–Trinajstić information content (AvgIpc) is 2.42. The van der Waals surface area contributed by atoms with E-state index in [-0.39, 0.29) is 5.78 Å². The lowest BCUT2D eigenvalue weighted by atomic mass is 10.1. The van der Waals surface area contributed by atoms with Crippen LogP contribution in [-0.2, 0) is 4.74 Å². The van der Waals surface area contributed by atoms with E-state index in [1.807, 2.05) is 19.1 Å². The standard InChI is InChI=1S/C14H21NO3/c1-3-18-9-5-8-15-11-14(16)12-6-4-7-13(10-12)17-2/h4,6-7,10,15H,3,5,8-9,11H2,1-2H3. The molecular formula is C14H21NO3. The van der Waals surface area contributed by atoms with E-state index in [1.54, 1.807) is 19.2 Å². The zero-order valence-electron chi connectivity index (χ0n) is 11.1. The van der Waals surface area contributed by atoms with E-state index in [0.717, 1.165) is 26.2 Å². The first-order chi connectivity index (χ1) is 8.77. The third kappa shape index (κ3) is 5.29.